The monoisotopic (exact) mass is 239 g/mol. The Hall–Kier alpha value is -1.13. The van der Waals surface area contributed by atoms with E-state index >= 15 is 0 Å². The fraction of sp³-hybridized carbons (Fsp3) is 0.538. The van der Waals surface area contributed by atoms with Crippen LogP contribution in [0.2, 0.25) is 0 Å². The first-order chi connectivity index (χ1) is 8.16. The average Bonchev–Trinajstić information content (AvgIpc) is 2.75. The molecular weight excluding hydrogens is 221 g/mol. The fourth-order valence-electron chi connectivity index (χ4n) is 1.97. The Kier molecular flexibility index (Phi) is 3.97. The van der Waals surface area contributed by atoms with E-state index in [1.807, 2.05) is 13.0 Å². The summed E-state index contributed by atoms with van der Waals surface area (Å²) in [5, 5.41) is 0. The molecule has 0 aromatic heterocycles. The molecule has 1 aliphatic rings. The van der Waals surface area contributed by atoms with E-state index < -0.39 is 0 Å². The molecule has 0 bridgehead atoms. The summed E-state index contributed by atoms with van der Waals surface area (Å²) in [6.45, 7) is 3.11. The van der Waals surface area contributed by atoms with Crippen LogP contribution in [0.25, 0.3) is 0 Å². The van der Waals surface area contributed by atoms with Crippen molar-refractivity contribution in [2.45, 2.75) is 31.9 Å². The van der Waals surface area contributed by atoms with Gasteiger partial charge in [0.05, 0.1) is 13.2 Å². The van der Waals surface area contributed by atoms with Crippen molar-refractivity contribution in [3.05, 3.63) is 29.6 Å². The van der Waals surface area contributed by atoms with Gasteiger partial charge in [-0.15, -0.1) is 0 Å². The molecule has 0 spiro atoms. The molecule has 94 valence electrons. The third-order valence-corrected chi connectivity index (χ3v) is 2.76. The van der Waals surface area contributed by atoms with E-state index in [1.165, 1.54) is 6.07 Å². The molecule has 0 saturated carbocycles. The molecule has 2 atom stereocenters. The van der Waals surface area contributed by atoms with Crippen molar-refractivity contribution >= 4 is 0 Å². The lowest BCUT2D eigenvalue weighted by Crippen LogP contribution is -2.21. The van der Waals surface area contributed by atoms with Crippen LogP contribution in [0.3, 0.4) is 0 Å². The van der Waals surface area contributed by atoms with Crippen LogP contribution in [-0.2, 0) is 11.2 Å². The predicted octanol–water partition coefficient (Wildman–Crippen LogP) is 1.88. The quantitative estimate of drug-likeness (QED) is 0.872. The molecule has 2 unspecified atom stereocenters. The Labute approximate surface area is 101 Å². The lowest BCUT2D eigenvalue weighted by molar-refractivity contribution is 0.137. The maximum Gasteiger partial charge on any atom is 0.165 e. The molecule has 1 fully saturated rings. The molecule has 3 nitrogen and oxygen atoms in total. The van der Waals surface area contributed by atoms with E-state index in [0.29, 0.717) is 25.4 Å². The molecule has 0 aliphatic carbocycles. The highest BCUT2D eigenvalue weighted by Gasteiger charge is 2.20. The van der Waals surface area contributed by atoms with Crippen LogP contribution in [-0.4, -0.2) is 25.4 Å². The molecule has 0 amide bonds. The van der Waals surface area contributed by atoms with E-state index in [2.05, 4.69) is 0 Å². The normalized spacial score (nSPS) is 21.5. The molecule has 17 heavy (non-hydrogen) atoms. The molecule has 2 rings (SSSR count). The second-order valence-electron chi connectivity index (χ2n) is 4.51. The number of rotatable bonds is 4. The van der Waals surface area contributed by atoms with Crippen LogP contribution in [0.4, 0.5) is 4.39 Å². The van der Waals surface area contributed by atoms with Gasteiger partial charge >= 0.3 is 0 Å². The van der Waals surface area contributed by atoms with Crippen LogP contribution in [0.1, 0.15) is 18.9 Å². The first-order valence-corrected chi connectivity index (χ1v) is 5.94. The number of halogens is 1. The average molecular weight is 239 g/mol. The minimum absolute atomic E-state index is 0.0148. The standard InChI is InChI=1S/C13H18FNO2/c1-9(15)7-10-3-2-4-12(14)13(10)17-11-5-6-16-8-11/h2-4,9,11H,5-8,15H2,1H3. The Morgan fingerprint density at radius 1 is 1.59 bits per heavy atom. The summed E-state index contributed by atoms with van der Waals surface area (Å²) < 4.78 is 24.6. The summed E-state index contributed by atoms with van der Waals surface area (Å²) in [7, 11) is 0. The molecule has 2 N–H and O–H groups in total. The van der Waals surface area contributed by atoms with Gasteiger partial charge in [-0.1, -0.05) is 12.1 Å². The number of benzene rings is 1. The highest BCUT2D eigenvalue weighted by Crippen LogP contribution is 2.26. The van der Waals surface area contributed by atoms with Gasteiger partial charge in [-0.2, -0.15) is 0 Å². The Morgan fingerprint density at radius 3 is 3.06 bits per heavy atom. The zero-order valence-corrected chi connectivity index (χ0v) is 9.99. The van der Waals surface area contributed by atoms with Gasteiger partial charge in [-0.05, 0) is 25.0 Å². The van der Waals surface area contributed by atoms with Crippen LogP contribution in [0, 0.1) is 5.82 Å². The van der Waals surface area contributed by atoms with E-state index in [4.69, 9.17) is 15.2 Å². The first kappa shape index (κ1) is 12.3. The molecule has 1 aromatic rings. The van der Waals surface area contributed by atoms with Gasteiger partial charge < -0.3 is 15.2 Å². The molecule has 4 heteroatoms. The minimum Gasteiger partial charge on any atom is -0.485 e. The predicted molar refractivity (Wildman–Crippen MR) is 63.6 cm³/mol. The van der Waals surface area contributed by atoms with Gasteiger partial charge in [-0.25, -0.2) is 4.39 Å². The summed E-state index contributed by atoms with van der Waals surface area (Å²) in [4.78, 5) is 0. The SMILES string of the molecule is CC(N)Cc1cccc(F)c1OC1CCOC1. The van der Waals surface area contributed by atoms with Crippen LogP contribution >= 0.6 is 0 Å². The number of para-hydroxylation sites is 1. The third kappa shape index (κ3) is 3.17. The molecule has 1 heterocycles. The topological polar surface area (TPSA) is 44.5 Å². The van der Waals surface area contributed by atoms with Crippen molar-refractivity contribution in [2.24, 2.45) is 5.73 Å². The van der Waals surface area contributed by atoms with E-state index in [0.717, 1.165) is 12.0 Å². The van der Waals surface area contributed by atoms with E-state index in [1.54, 1.807) is 6.07 Å². The highest BCUT2D eigenvalue weighted by atomic mass is 19.1. The number of hydrogen-bond acceptors (Lipinski definition) is 3. The zero-order valence-electron chi connectivity index (χ0n) is 9.99. The van der Waals surface area contributed by atoms with Gasteiger partial charge in [0.15, 0.2) is 11.6 Å². The van der Waals surface area contributed by atoms with Crippen molar-refractivity contribution in [3.8, 4) is 5.75 Å². The summed E-state index contributed by atoms with van der Waals surface area (Å²) in [5.41, 5.74) is 6.57. The summed E-state index contributed by atoms with van der Waals surface area (Å²) in [6.07, 6.45) is 1.38. The van der Waals surface area contributed by atoms with E-state index in [9.17, 15) is 4.39 Å². The Bertz CT molecular complexity index is 376. The van der Waals surface area contributed by atoms with Crippen molar-refractivity contribution in [3.63, 3.8) is 0 Å². The molecule has 0 radical (unpaired) electrons. The highest BCUT2D eigenvalue weighted by molar-refractivity contribution is 5.35. The third-order valence-electron chi connectivity index (χ3n) is 2.76. The lowest BCUT2D eigenvalue weighted by Gasteiger charge is -2.17. The fourth-order valence-corrected chi connectivity index (χ4v) is 1.97. The number of nitrogens with two attached hydrogens (primary N) is 1. The first-order valence-electron chi connectivity index (χ1n) is 5.94. The molecular formula is C13H18FNO2. The Balaban J connectivity index is 2.17. The maximum atomic E-state index is 13.7. The lowest BCUT2D eigenvalue weighted by atomic mass is 10.1. The second-order valence-corrected chi connectivity index (χ2v) is 4.51. The summed E-state index contributed by atoms with van der Waals surface area (Å²) >= 11 is 0. The largest absolute Gasteiger partial charge is 0.485 e. The van der Waals surface area contributed by atoms with Gasteiger partial charge in [0.2, 0.25) is 0 Å². The smallest absolute Gasteiger partial charge is 0.165 e. The molecule has 1 aromatic carbocycles. The van der Waals surface area contributed by atoms with Gasteiger partial charge in [-0.3, -0.25) is 0 Å². The van der Waals surface area contributed by atoms with E-state index in [-0.39, 0.29) is 18.0 Å². The van der Waals surface area contributed by atoms with Crippen molar-refractivity contribution < 1.29 is 13.9 Å². The molecule has 1 aliphatic heterocycles. The van der Waals surface area contributed by atoms with Crippen LogP contribution < -0.4 is 10.5 Å². The minimum atomic E-state index is -0.324. The summed E-state index contributed by atoms with van der Waals surface area (Å²) in [5.74, 6) is 0.00958. The van der Waals surface area contributed by atoms with Crippen LogP contribution in [0.15, 0.2) is 18.2 Å². The van der Waals surface area contributed by atoms with Gasteiger partial charge in [0.25, 0.3) is 0 Å². The Morgan fingerprint density at radius 2 is 2.41 bits per heavy atom. The van der Waals surface area contributed by atoms with Crippen LogP contribution in [0.5, 0.6) is 5.75 Å². The second kappa shape index (κ2) is 5.47. The molecule has 1 saturated heterocycles. The number of ether oxygens (including phenoxy) is 2. The van der Waals surface area contributed by atoms with Gasteiger partial charge in [0.1, 0.15) is 6.10 Å². The summed E-state index contributed by atoms with van der Waals surface area (Å²) in [6, 6.07) is 4.94. The van der Waals surface area contributed by atoms with Crippen molar-refractivity contribution in [1.29, 1.82) is 0 Å². The maximum absolute atomic E-state index is 13.7. The zero-order chi connectivity index (χ0) is 12.3. The van der Waals surface area contributed by atoms with Gasteiger partial charge in [0, 0.05) is 12.5 Å². The number of hydrogen-bond donors (Lipinski definition) is 1. The van der Waals surface area contributed by atoms with Crippen molar-refractivity contribution in [1.82, 2.24) is 0 Å². The van der Waals surface area contributed by atoms with Crippen molar-refractivity contribution in [2.75, 3.05) is 13.2 Å².